The number of amides is 1. The van der Waals surface area contributed by atoms with Crippen molar-refractivity contribution in [2.45, 2.75) is 25.4 Å². The van der Waals surface area contributed by atoms with Crippen LogP contribution in [0.5, 0.6) is 5.75 Å². The monoisotopic (exact) mass is 585 g/mol. The molecular formula is C33H31N9O2. The van der Waals surface area contributed by atoms with Crippen molar-refractivity contribution < 1.29 is 9.53 Å². The van der Waals surface area contributed by atoms with Gasteiger partial charge in [-0.2, -0.15) is 5.26 Å². The molecule has 4 fully saturated rings. The number of likely N-dealkylation sites (tertiary alicyclic amines) is 1. The number of rotatable bonds is 6. The van der Waals surface area contributed by atoms with Crippen molar-refractivity contribution in [3.05, 3.63) is 60.3 Å². The lowest BCUT2D eigenvalue weighted by atomic mass is 9.53. The summed E-state index contributed by atoms with van der Waals surface area (Å²) in [4.78, 5) is 36.2. The molecule has 0 N–H and O–H groups in total. The molecule has 2 aliphatic heterocycles. The number of aryl methyl sites for hydroxylation is 1. The lowest BCUT2D eigenvalue weighted by Crippen LogP contribution is -2.53. The second-order valence-electron chi connectivity index (χ2n) is 12.8. The minimum absolute atomic E-state index is 0.0842. The number of pyridine rings is 1. The summed E-state index contributed by atoms with van der Waals surface area (Å²) in [6, 6.07) is 12.5. The van der Waals surface area contributed by atoms with E-state index in [0.29, 0.717) is 47.3 Å². The average molecular weight is 586 g/mol. The van der Waals surface area contributed by atoms with Gasteiger partial charge in [0, 0.05) is 62.3 Å². The van der Waals surface area contributed by atoms with Crippen LogP contribution in [0.15, 0.2) is 49.1 Å². The van der Waals surface area contributed by atoms with Crippen LogP contribution in [0, 0.1) is 35.0 Å². The van der Waals surface area contributed by atoms with Crippen LogP contribution in [0.1, 0.15) is 28.9 Å². The van der Waals surface area contributed by atoms with Gasteiger partial charge < -0.3 is 23.7 Å². The Morgan fingerprint density at radius 3 is 2.80 bits per heavy atom. The Labute approximate surface area is 253 Å². The highest BCUT2D eigenvalue weighted by molar-refractivity contribution is 6.00. The fourth-order valence-electron chi connectivity index (χ4n) is 8.40. The molecule has 3 unspecified atom stereocenters. The summed E-state index contributed by atoms with van der Waals surface area (Å²) < 4.78 is 10.3. The highest BCUT2D eigenvalue weighted by Gasteiger charge is 2.61. The summed E-state index contributed by atoms with van der Waals surface area (Å²) in [6.45, 7) is 3.08. The van der Waals surface area contributed by atoms with Crippen molar-refractivity contribution in [2.75, 3.05) is 31.6 Å². The number of carbonyl (C=O) groups is 1. The third-order valence-corrected chi connectivity index (χ3v) is 10.6. The normalized spacial score (nSPS) is 23.7. The van der Waals surface area contributed by atoms with Crippen LogP contribution in [-0.4, -0.2) is 72.7 Å². The molecule has 4 atom stereocenters. The molecule has 0 bridgehead atoms. The Kier molecular flexibility index (Phi) is 5.37. The molecule has 11 heteroatoms. The quantitative estimate of drug-likeness (QED) is 0.295. The summed E-state index contributed by atoms with van der Waals surface area (Å²) in [7, 11) is 3.68. The first-order chi connectivity index (χ1) is 21.5. The van der Waals surface area contributed by atoms with Crippen LogP contribution in [0.3, 0.4) is 0 Å². The Hall–Kier alpha value is -4.98. The number of benzene rings is 1. The predicted molar refractivity (Wildman–Crippen MR) is 163 cm³/mol. The molecule has 0 radical (unpaired) electrons. The first kappa shape index (κ1) is 25.5. The van der Waals surface area contributed by atoms with Crippen molar-refractivity contribution in [1.29, 1.82) is 5.26 Å². The van der Waals surface area contributed by atoms with Crippen molar-refractivity contribution in [2.24, 2.45) is 30.7 Å². The van der Waals surface area contributed by atoms with Gasteiger partial charge in [0.1, 0.15) is 29.3 Å². The number of fused-ring (bicyclic) bond motifs is 2. The number of carbonyl (C=O) groups excluding carboxylic acids is 1. The number of imidazole rings is 1. The van der Waals surface area contributed by atoms with E-state index in [9.17, 15) is 10.1 Å². The molecule has 0 spiro atoms. The second kappa shape index (κ2) is 9.26. The van der Waals surface area contributed by atoms with E-state index in [4.69, 9.17) is 9.72 Å². The van der Waals surface area contributed by atoms with E-state index >= 15 is 0 Å². The van der Waals surface area contributed by atoms with Crippen LogP contribution in [0.4, 0.5) is 5.69 Å². The Balaban J connectivity index is 1.12. The first-order valence-corrected chi connectivity index (χ1v) is 15.3. The third-order valence-electron chi connectivity index (χ3n) is 10.6. The van der Waals surface area contributed by atoms with E-state index in [2.05, 4.69) is 52.1 Å². The van der Waals surface area contributed by atoms with Crippen molar-refractivity contribution in [1.82, 2.24) is 34.0 Å². The number of hydrogen-bond donors (Lipinski definition) is 0. The van der Waals surface area contributed by atoms with E-state index in [1.807, 2.05) is 25.2 Å². The smallest absolute Gasteiger partial charge is 0.254 e. The lowest BCUT2D eigenvalue weighted by Gasteiger charge is -2.52. The third kappa shape index (κ3) is 3.51. The maximum atomic E-state index is 13.9. The van der Waals surface area contributed by atoms with Crippen LogP contribution < -0.4 is 9.64 Å². The maximum Gasteiger partial charge on any atom is 0.254 e. The molecule has 2 saturated carbocycles. The molecule has 11 nitrogen and oxygen atoms in total. The van der Waals surface area contributed by atoms with E-state index in [1.165, 1.54) is 12.7 Å². The van der Waals surface area contributed by atoms with Crippen LogP contribution in [-0.2, 0) is 13.6 Å². The fourth-order valence-corrected chi connectivity index (χ4v) is 8.40. The molecule has 5 aromatic rings. The maximum absolute atomic E-state index is 13.9. The van der Waals surface area contributed by atoms with E-state index in [1.54, 1.807) is 19.5 Å². The molecule has 220 valence electrons. The molecule has 9 rings (SSSR count). The first-order valence-electron chi connectivity index (χ1n) is 15.3. The van der Waals surface area contributed by atoms with Gasteiger partial charge >= 0.3 is 0 Å². The van der Waals surface area contributed by atoms with E-state index in [0.717, 1.165) is 71.2 Å². The van der Waals surface area contributed by atoms with Gasteiger partial charge in [-0.1, -0.05) is 0 Å². The van der Waals surface area contributed by atoms with Gasteiger partial charge in [-0.05, 0) is 60.9 Å². The Bertz CT molecular complexity index is 2030. The van der Waals surface area contributed by atoms with Gasteiger partial charge in [0.25, 0.3) is 5.91 Å². The van der Waals surface area contributed by atoms with E-state index in [-0.39, 0.29) is 5.91 Å². The van der Waals surface area contributed by atoms with Gasteiger partial charge in [-0.3, -0.25) is 4.79 Å². The minimum atomic E-state index is 0.0842. The summed E-state index contributed by atoms with van der Waals surface area (Å²) in [5, 5.41) is 10.6. The summed E-state index contributed by atoms with van der Waals surface area (Å²) in [6.07, 6.45) is 7.33. The number of hydrogen-bond acceptors (Lipinski definition) is 8. The van der Waals surface area contributed by atoms with Gasteiger partial charge in [-0.25, -0.2) is 19.9 Å². The Morgan fingerprint density at radius 1 is 1.14 bits per heavy atom. The highest BCUT2D eigenvalue weighted by atomic mass is 16.5. The molecule has 1 amide bonds. The predicted octanol–water partition coefficient (Wildman–Crippen LogP) is 3.88. The van der Waals surface area contributed by atoms with Gasteiger partial charge in [-0.15, -0.1) is 0 Å². The summed E-state index contributed by atoms with van der Waals surface area (Å²) in [5.41, 5.74) is 5.23. The zero-order valence-electron chi connectivity index (χ0n) is 24.6. The zero-order chi connectivity index (χ0) is 29.7. The summed E-state index contributed by atoms with van der Waals surface area (Å²) in [5.74, 6) is 4.05. The van der Waals surface area contributed by atoms with E-state index < -0.39 is 0 Å². The average Bonchev–Trinajstić information content (AvgIpc) is 3.55. The number of nitriles is 1. The number of aromatic nitrogens is 6. The van der Waals surface area contributed by atoms with Gasteiger partial charge in [0.15, 0.2) is 11.5 Å². The molecule has 6 heterocycles. The van der Waals surface area contributed by atoms with Gasteiger partial charge in [0.05, 0.1) is 30.2 Å². The number of methoxy groups -OCH3 is 1. The van der Waals surface area contributed by atoms with Crippen molar-refractivity contribution >= 4 is 33.7 Å². The SMILES string of the molecule is COc1cc(C(=O)N2CC3CC4CC2[C@H]43)cc2nc(-c3cc4cccnc4n3C)n(CC3CN(c4cncnc4C#N)C3)c12. The number of nitrogens with zero attached hydrogens (tertiary/aromatic N) is 9. The largest absolute Gasteiger partial charge is 0.494 e. The summed E-state index contributed by atoms with van der Waals surface area (Å²) >= 11 is 0. The molecule has 4 aromatic heterocycles. The zero-order valence-corrected chi connectivity index (χ0v) is 24.6. The lowest BCUT2D eigenvalue weighted by molar-refractivity contribution is -0.0204. The minimum Gasteiger partial charge on any atom is -0.494 e. The standard InChI is InChI=1S/C33H31N9O2/c1-39-26(8-19-4-3-5-36-31(19)39)32-38-23-7-21(33(43)41-16-22-6-20-9-25(41)29(20)22)10-28(44-2)30(23)42(32)15-18-13-40(14-18)27-12-35-17-37-24(27)11-34/h3-5,7-8,10,12,17-18,20,22,25,29H,6,9,13-16H2,1-2H3/t20?,22?,25?,29-/m1/s1. The van der Waals surface area contributed by atoms with Crippen LogP contribution in [0.25, 0.3) is 33.6 Å². The molecule has 1 aromatic carbocycles. The molecule has 2 aliphatic carbocycles. The molecular weight excluding hydrogens is 554 g/mol. The molecule has 44 heavy (non-hydrogen) atoms. The number of ether oxygens (including phenoxy) is 1. The molecule has 2 saturated heterocycles. The second-order valence-corrected chi connectivity index (χ2v) is 12.8. The van der Waals surface area contributed by atoms with Crippen molar-refractivity contribution in [3.8, 4) is 23.3 Å². The Morgan fingerprint density at radius 2 is 2.02 bits per heavy atom. The topological polar surface area (TPSA) is 118 Å². The molecule has 4 aliphatic rings. The van der Waals surface area contributed by atoms with Gasteiger partial charge in [0.2, 0.25) is 0 Å². The fraction of sp³-hybridized carbons (Fsp3) is 0.394. The number of anilines is 1. The van der Waals surface area contributed by atoms with Crippen molar-refractivity contribution in [3.63, 3.8) is 0 Å². The van der Waals surface area contributed by atoms with Crippen LogP contribution in [0.2, 0.25) is 0 Å². The van der Waals surface area contributed by atoms with Crippen LogP contribution >= 0.6 is 0 Å². The highest BCUT2D eigenvalue weighted by Crippen LogP contribution is 2.60.